The molecule has 0 N–H and O–H groups in total. The Morgan fingerprint density at radius 2 is 1.82 bits per heavy atom. The molecule has 1 fully saturated rings. The van der Waals surface area contributed by atoms with Crippen molar-refractivity contribution in [2.45, 2.75) is 47.0 Å². The minimum absolute atomic E-state index is 0.502. The number of hydrogen-bond acceptors (Lipinski definition) is 0. The number of hydrogen-bond donors (Lipinski definition) is 0. The van der Waals surface area contributed by atoms with Crippen molar-refractivity contribution in [3.05, 3.63) is 12.2 Å². The van der Waals surface area contributed by atoms with Crippen LogP contribution in [0.5, 0.6) is 0 Å². The molecule has 1 aliphatic rings. The van der Waals surface area contributed by atoms with Crippen LogP contribution in [0.15, 0.2) is 12.2 Å². The first-order valence-electron chi connectivity index (χ1n) is 4.68. The van der Waals surface area contributed by atoms with Gasteiger partial charge in [-0.05, 0) is 30.1 Å². The predicted octanol–water partition coefficient (Wildman–Crippen LogP) is 3.78. The highest BCUT2D eigenvalue weighted by molar-refractivity contribution is 5.26. The molecule has 0 aromatic rings. The third kappa shape index (κ3) is 1.04. The first-order valence-corrected chi connectivity index (χ1v) is 4.68. The van der Waals surface area contributed by atoms with Gasteiger partial charge in [-0.3, -0.25) is 0 Å². The van der Waals surface area contributed by atoms with Crippen LogP contribution in [0.4, 0.5) is 0 Å². The van der Waals surface area contributed by atoms with E-state index < -0.39 is 0 Å². The standard InChI is InChI=1S/C11H20/c1-6-9(3)11(7-2)8-10(11,4)5/h3,6-8H2,1-2,4-5H3. The summed E-state index contributed by atoms with van der Waals surface area (Å²) in [5, 5.41) is 0. The summed E-state index contributed by atoms with van der Waals surface area (Å²) in [7, 11) is 0. The molecule has 1 saturated carbocycles. The Hall–Kier alpha value is -0.260. The molecule has 64 valence electrons. The Morgan fingerprint density at radius 1 is 1.36 bits per heavy atom. The van der Waals surface area contributed by atoms with E-state index in [2.05, 4.69) is 34.3 Å². The lowest BCUT2D eigenvalue weighted by Crippen LogP contribution is -2.09. The predicted molar refractivity (Wildman–Crippen MR) is 50.6 cm³/mol. The van der Waals surface area contributed by atoms with Gasteiger partial charge in [0.1, 0.15) is 0 Å². The quantitative estimate of drug-likeness (QED) is 0.540. The van der Waals surface area contributed by atoms with Gasteiger partial charge >= 0.3 is 0 Å². The monoisotopic (exact) mass is 152 g/mol. The lowest BCUT2D eigenvalue weighted by Gasteiger charge is -2.20. The van der Waals surface area contributed by atoms with Crippen molar-refractivity contribution in [1.29, 1.82) is 0 Å². The molecule has 1 unspecified atom stereocenters. The van der Waals surface area contributed by atoms with E-state index in [0.717, 1.165) is 6.42 Å². The Morgan fingerprint density at radius 3 is 1.91 bits per heavy atom. The van der Waals surface area contributed by atoms with Gasteiger partial charge in [-0.15, -0.1) is 0 Å². The fraction of sp³-hybridized carbons (Fsp3) is 0.818. The van der Waals surface area contributed by atoms with Crippen LogP contribution in [0.3, 0.4) is 0 Å². The van der Waals surface area contributed by atoms with Crippen LogP contribution in [0.25, 0.3) is 0 Å². The zero-order valence-corrected chi connectivity index (χ0v) is 8.33. The summed E-state index contributed by atoms with van der Waals surface area (Å²) in [6.45, 7) is 13.4. The van der Waals surface area contributed by atoms with Crippen LogP contribution in [0.2, 0.25) is 0 Å². The van der Waals surface area contributed by atoms with Crippen molar-refractivity contribution in [1.82, 2.24) is 0 Å². The maximum atomic E-state index is 4.17. The van der Waals surface area contributed by atoms with Crippen molar-refractivity contribution in [3.63, 3.8) is 0 Å². The molecule has 0 aliphatic heterocycles. The molecular weight excluding hydrogens is 132 g/mol. The Bertz CT molecular complexity index is 176. The molecule has 1 atom stereocenters. The van der Waals surface area contributed by atoms with E-state index in [9.17, 15) is 0 Å². The summed E-state index contributed by atoms with van der Waals surface area (Å²) < 4.78 is 0. The van der Waals surface area contributed by atoms with Crippen LogP contribution < -0.4 is 0 Å². The van der Waals surface area contributed by atoms with Gasteiger partial charge in [-0.1, -0.05) is 39.8 Å². The molecule has 0 heteroatoms. The van der Waals surface area contributed by atoms with Gasteiger partial charge < -0.3 is 0 Å². The van der Waals surface area contributed by atoms with Gasteiger partial charge in [-0.25, -0.2) is 0 Å². The van der Waals surface area contributed by atoms with Crippen LogP contribution in [0.1, 0.15) is 47.0 Å². The van der Waals surface area contributed by atoms with Crippen molar-refractivity contribution in [3.8, 4) is 0 Å². The first kappa shape index (κ1) is 8.83. The molecule has 0 nitrogen and oxygen atoms in total. The molecule has 0 heterocycles. The van der Waals surface area contributed by atoms with Gasteiger partial charge in [-0.2, -0.15) is 0 Å². The molecule has 0 aromatic carbocycles. The molecule has 0 amide bonds. The summed E-state index contributed by atoms with van der Waals surface area (Å²) in [6.07, 6.45) is 3.77. The largest absolute Gasteiger partial charge is 0.0993 e. The molecule has 0 radical (unpaired) electrons. The van der Waals surface area contributed by atoms with E-state index in [1.807, 2.05) is 0 Å². The number of allylic oxidation sites excluding steroid dienone is 1. The fourth-order valence-electron chi connectivity index (χ4n) is 2.51. The lowest BCUT2D eigenvalue weighted by atomic mass is 9.85. The summed E-state index contributed by atoms with van der Waals surface area (Å²) >= 11 is 0. The zero-order chi connectivity index (χ0) is 8.70. The molecule has 0 saturated heterocycles. The van der Waals surface area contributed by atoms with Gasteiger partial charge in [0.2, 0.25) is 0 Å². The van der Waals surface area contributed by atoms with Crippen LogP contribution in [0, 0.1) is 10.8 Å². The van der Waals surface area contributed by atoms with E-state index in [-0.39, 0.29) is 0 Å². The minimum atomic E-state index is 0.502. The average Bonchev–Trinajstić information content (AvgIpc) is 2.53. The average molecular weight is 152 g/mol. The molecule has 1 aliphatic carbocycles. The third-order valence-electron chi connectivity index (χ3n) is 3.62. The van der Waals surface area contributed by atoms with E-state index >= 15 is 0 Å². The SMILES string of the molecule is C=C(CC)C1(CC)CC1(C)C. The molecular formula is C11H20. The summed E-state index contributed by atoms with van der Waals surface area (Å²) in [5.41, 5.74) is 2.50. The second-order valence-corrected chi connectivity index (χ2v) is 4.45. The van der Waals surface area contributed by atoms with Crippen molar-refractivity contribution < 1.29 is 0 Å². The summed E-state index contributed by atoms with van der Waals surface area (Å²) in [4.78, 5) is 0. The molecule has 0 bridgehead atoms. The van der Waals surface area contributed by atoms with E-state index in [0.29, 0.717) is 10.8 Å². The van der Waals surface area contributed by atoms with Crippen molar-refractivity contribution >= 4 is 0 Å². The summed E-state index contributed by atoms with van der Waals surface area (Å²) in [5.74, 6) is 0. The Kier molecular flexibility index (Phi) is 1.90. The van der Waals surface area contributed by atoms with Crippen molar-refractivity contribution in [2.75, 3.05) is 0 Å². The summed E-state index contributed by atoms with van der Waals surface area (Å²) in [6, 6.07) is 0. The fourth-order valence-corrected chi connectivity index (χ4v) is 2.51. The van der Waals surface area contributed by atoms with Crippen LogP contribution in [-0.4, -0.2) is 0 Å². The van der Waals surface area contributed by atoms with Gasteiger partial charge in [0, 0.05) is 0 Å². The van der Waals surface area contributed by atoms with Crippen LogP contribution in [-0.2, 0) is 0 Å². The van der Waals surface area contributed by atoms with Gasteiger partial charge in [0.05, 0.1) is 0 Å². The maximum Gasteiger partial charge on any atom is -0.00367 e. The highest BCUT2D eigenvalue weighted by atomic mass is 14.6. The Balaban J connectivity index is 2.75. The van der Waals surface area contributed by atoms with E-state index in [1.165, 1.54) is 18.4 Å². The van der Waals surface area contributed by atoms with Crippen molar-refractivity contribution in [2.24, 2.45) is 10.8 Å². The lowest BCUT2D eigenvalue weighted by molar-refractivity contribution is 0.422. The maximum absolute atomic E-state index is 4.17. The first-order chi connectivity index (χ1) is 5.00. The highest BCUT2D eigenvalue weighted by Gasteiger charge is 2.60. The third-order valence-corrected chi connectivity index (χ3v) is 3.62. The molecule has 0 aromatic heterocycles. The second kappa shape index (κ2) is 2.36. The molecule has 11 heavy (non-hydrogen) atoms. The zero-order valence-electron chi connectivity index (χ0n) is 8.33. The smallest absolute Gasteiger partial charge is 0.00367 e. The highest BCUT2D eigenvalue weighted by Crippen LogP contribution is 2.69. The normalized spacial score (nSPS) is 33.5. The van der Waals surface area contributed by atoms with E-state index in [1.54, 1.807) is 0 Å². The number of rotatable bonds is 3. The second-order valence-electron chi connectivity index (χ2n) is 4.45. The molecule has 1 rings (SSSR count). The Labute approximate surface area is 70.7 Å². The van der Waals surface area contributed by atoms with Gasteiger partial charge in [0.25, 0.3) is 0 Å². The topological polar surface area (TPSA) is 0 Å². The van der Waals surface area contributed by atoms with Gasteiger partial charge in [0.15, 0.2) is 0 Å². The minimum Gasteiger partial charge on any atom is -0.0993 e. The van der Waals surface area contributed by atoms with Crippen LogP contribution >= 0.6 is 0 Å². The van der Waals surface area contributed by atoms with E-state index in [4.69, 9.17) is 0 Å². The molecule has 0 spiro atoms.